The summed E-state index contributed by atoms with van der Waals surface area (Å²) in [6.45, 7) is 0. The van der Waals surface area contributed by atoms with Gasteiger partial charge in [0.15, 0.2) is 0 Å². The maximum Gasteiger partial charge on any atom is 0.416 e. The van der Waals surface area contributed by atoms with E-state index in [-0.39, 0.29) is 16.4 Å². The van der Waals surface area contributed by atoms with Crippen LogP contribution in [0.1, 0.15) is 11.3 Å². The lowest BCUT2D eigenvalue weighted by molar-refractivity contribution is -0.137. The number of rotatable bonds is 3. The minimum atomic E-state index is -4.51. The predicted molar refractivity (Wildman–Crippen MR) is 87.0 cm³/mol. The number of nitrogens with zero attached hydrogens (tertiary/aromatic N) is 2. The predicted octanol–water partition coefficient (Wildman–Crippen LogP) is 3.66. The molecule has 4 nitrogen and oxygen atoms in total. The van der Waals surface area contributed by atoms with Crippen LogP contribution in [0, 0.1) is 5.41 Å². The van der Waals surface area contributed by atoms with Crippen LogP contribution in [0.15, 0.2) is 40.0 Å². The first-order valence-corrected chi connectivity index (χ1v) is 8.71. The third kappa shape index (κ3) is 3.78. The molecule has 2 rings (SSSR count). The van der Waals surface area contributed by atoms with Crippen molar-refractivity contribution < 1.29 is 13.2 Å². The molecule has 1 heterocycles. The van der Waals surface area contributed by atoms with Crippen LogP contribution in [-0.4, -0.2) is 27.3 Å². The van der Waals surface area contributed by atoms with E-state index in [2.05, 4.69) is 5.10 Å². The number of benzene rings is 1. The second-order valence-corrected chi connectivity index (χ2v) is 6.06. The zero-order valence-corrected chi connectivity index (χ0v) is 13.8. The van der Waals surface area contributed by atoms with Crippen LogP contribution in [-0.2, 0) is 6.18 Å². The Morgan fingerprint density at radius 2 is 1.96 bits per heavy atom. The van der Waals surface area contributed by atoms with E-state index < -0.39 is 17.3 Å². The lowest BCUT2D eigenvalue weighted by Gasteiger charge is -2.12. The first kappa shape index (κ1) is 17.6. The molecule has 9 heteroatoms. The van der Waals surface area contributed by atoms with Gasteiger partial charge in [-0.15, -0.1) is 23.5 Å². The summed E-state index contributed by atoms with van der Waals surface area (Å²) in [5.41, 5.74) is -1.14. The normalized spacial score (nSPS) is 11.5. The number of thioether (sulfide) groups is 2. The van der Waals surface area contributed by atoms with Crippen LogP contribution in [0.3, 0.4) is 0 Å². The Bertz CT molecular complexity index is 803. The minimum Gasteiger partial charge on any atom is -0.292 e. The molecule has 0 aliphatic carbocycles. The Morgan fingerprint density at radius 1 is 1.26 bits per heavy atom. The Morgan fingerprint density at radius 3 is 2.52 bits per heavy atom. The van der Waals surface area contributed by atoms with Crippen molar-refractivity contribution in [2.24, 2.45) is 0 Å². The van der Waals surface area contributed by atoms with Gasteiger partial charge in [0.05, 0.1) is 11.3 Å². The summed E-state index contributed by atoms with van der Waals surface area (Å²) < 4.78 is 39.3. The number of alkyl halides is 3. The smallest absolute Gasteiger partial charge is 0.292 e. The maximum absolute atomic E-state index is 12.8. The molecule has 1 N–H and O–H groups in total. The fraction of sp³-hybridized carbons (Fsp3) is 0.214. The van der Waals surface area contributed by atoms with Crippen LogP contribution in [0.4, 0.5) is 13.2 Å². The zero-order chi connectivity index (χ0) is 17.2. The molecule has 0 aliphatic rings. The Balaban J connectivity index is 2.65. The molecule has 0 fully saturated rings. The summed E-state index contributed by atoms with van der Waals surface area (Å²) >= 11 is 2.39. The summed E-state index contributed by atoms with van der Waals surface area (Å²) in [5.74, 6) is 0. The number of aromatic nitrogens is 2. The SMILES string of the molecule is CSC(=N)c1nn(-c2cccc(C(F)(F)F)c2)c(=O)cc1SC. The highest BCUT2D eigenvalue weighted by Gasteiger charge is 2.30. The van der Waals surface area contributed by atoms with Crippen molar-refractivity contribution in [1.29, 1.82) is 5.41 Å². The highest BCUT2D eigenvalue weighted by molar-refractivity contribution is 8.13. The topological polar surface area (TPSA) is 58.7 Å². The first-order chi connectivity index (χ1) is 10.8. The second kappa shape index (κ2) is 6.79. The van der Waals surface area contributed by atoms with Crippen molar-refractivity contribution in [2.45, 2.75) is 11.1 Å². The van der Waals surface area contributed by atoms with E-state index >= 15 is 0 Å². The van der Waals surface area contributed by atoms with Gasteiger partial charge in [-0.1, -0.05) is 6.07 Å². The van der Waals surface area contributed by atoms with Gasteiger partial charge >= 0.3 is 6.18 Å². The summed E-state index contributed by atoms with van der Waals surface area (Å²) in [7, 11) is 0. The molecule has 0 atom stereocenters. The number of nitrogens with one attached hydrogen (secondary N) is 1. The van der Waals surface area contributed by atoms with Gasteiger partial charge in [0, 0.05) is 11.0 Å². The van der Waals surface area contributed by atoms with E-state index in [4.69, 9.17) is 5.41 Å². The fourth-order valence-electron chi connectivity index (χ4n) is 1.85. The van der Waals surface area contributed by atoms with E-state index in [1.54, 1.807) is 12.5 Å². The minimum absolute atomic E-state index is 0.00707. The Labute approximate surface area is 138 Å². The van der Waals surface area contributed by atoms with E-state index in [9.17, 15) is 18.0 Å². The van der Waals surface area contributed by atoms with Crippen LogP contribution >= 0.6 is 23.5 Å². The van der Waals surface area contributed by atoms with Crippen molar-refractivity contribution in [3.05, 3.63) is 51.9 Å². The lowest BCUT2D eigenvalue weighted by atomic mass is 10.2. The van der Waals surface area contributed by atoms with Gasteiger partial charge in [-0.3, -0.25) is 10.2 Å². The summed E-state index contributed by atoms with van der Waals surface area (Å²) in [6, 6.07) is 5.65. The van der Waals surface area contributed by atoms with E-state index in [1.165, 1.54) is 30.0 Å². The Hall–Kier alpha value is -1.74. The van der Waals surface area contributed by atoms with Gasteiger partial charge < -0.3 is 0 Å². The van der Waals surface area contributed by atoms with Gasteiger partial charge in [0.2, 0.25) is 0 Å². The summed E-state index contributed by atoms with van der Waals surface area (Å²) in [4.78, 5) is 12.7. The average Bonchev–Trinajstić information content (AvgIpc) is 2.53. The standard InChI is InChI=1S/C14H12F3N3OS2/c1-22-10-7-11(21)20(19-12(10)13(18)23-2)9-5-3-4-8(6-9)14(15,16)17/h3-7,18H,1-2H3. The molecule has 0 aliphatic heterocycles. The quantitative estimate of drug-likeness (QED) is 0.516. The molecule has 0 spiro atoms. The molecule has 0 unspecified atom stereocenters. The maximum atomic E-state index is 12.8. The molecule has 0 radical (unpaired) electrons. The largest absolute Gasteiger partial charge is 0.416 e. The van der Waals surface area contributed by atoms with Crippen molar-refractivity contribution in [2.75, 3.05) is 12.5 Å². The lowest BCUT2D eigenvalue weighted by Crippen LogP contribution is -2.24. The Kier molecular flexibility index (Phi) is 5.20. The van der Waals surface area contributed by atoms with Gasteiger partial charge in [-0.05, 0) is 30.7 Å². The summed E-state index contributed by atoms with van der Waals surface area (Å²) in [6.07, 6.45) is -1.08. The van der Waals surface area contributed by atoms with E-state index in [0.29, 0.717) is 4.90 Å². The molecule has 0 amide bonds. The van der Waals surface area contributed by atoms with Gasteiger partial charge in [-0.2, -0.15) is 23.0 Å². The van der Waals surface area contributed by atoms with Crippen LogP contribution in [0.25, 0.3) is 5.69 Å². The molecular formula is C14H12F3N3OS2. The van der Waals surface area contributed by atoms with Crippen molar-refractivity contribution >= 4 is 28.6 Å². The van der Waals surface area contributed by atoms with Gasteiger partial charge in [0.1, 0.15) is 10.7 Å². The molecular weight excluding hydrogens is 347 g/mol. The first-order valence-electron chi connectivity index (χ1n) is 6.27. The molecule has 0 saturated heterocycles. The number of hydrogen-bond acceptors (Lipinski definition) is 5. The summed E-state index contributed by atoms with van der Waals surface area (Å²) in [5, 5.41) is 12.1. The highest BCUT2D eigenvalue weighted by atomic mass is 32.2. The third-order valence-corrected chi connectivity index (χ3v) is 4.31. The zero-order valence-electron chi connectivity index (χ0n) is 12.1. The second-order valence-electron chi connectivity index (χ2n) is 4.39. The fourth-order valence-corrected chi connectivity index (χ4v) is 2.81. The molecule has 0 bridgehead atoms. The monoisotopic (exact) mass is 359 g/mol. The van der Waals surface area contributed by atoms with Gasteiger partial charge in [-0.25, -0.2) is 0 Å². The highest BCUT2D eigenvalue weighted by Crippen LogP contribution is 2.30. The van der Waals surface area contributed by atoms with Crippen molar-refractivity contribution in [3.8, 4) is 5.69 Å². The number of halogens is 3. The average molecular weight is 359 g/mol. The van der Waals surface area contributed by atoms with Crippen molar-refractivity contribution in [3.63, 3.8) is 0 Å². The van der Waals surface area contributed by atoms with Gasteiger partial charge in [0.25, 0.3) is 5.56 Å². The van der Waals surface area contributed by atoms with Crippen molar-refractivity contribution in [1.82, 2.24) is 9.78 Å². The molecule has 1 aromatic carbocycles. The van der Waals surface area contributed by atoms with Crippen LogP contribution in [0.5, 0.6) is 0 Å². The third-order valence-electron chi connectivity index (χ3n) is 2.95. The van der Waals surface area contributed by atoms with E-state index in [1.807, 2.05) is 0 Å². The van der Waals surface area contributed by atoms with Crippen LogP contribution < -0.4 is 5.56 Å². The van der Waals surface area contributed by atoms with Crippen LogP contribution in [0.2, 0.25) is 0 Å². The molecule has 23 heavy (non-hydrogen) atoms. The molecule has 2 aromatic rings. The molecule has 1 aromatic heterocycles. The number of hydrogen-bond donors (Lipinski definition) is 1. The van der Waals surface area contributed by atoms with E-state index in [0.717, 1.165) is 28.6 Å². The molecule has 122 valence electrons. The molecule has 0 saturated carbocycles.